The fourth-order valence-corrected chi connectivity index (χ4v) is 2.53. The van der Waals surface area contributed by atoms with Gasteiger partial charge in [0.15, 0.2) is 0 Å². The Kier molecular flexibility index (Phi) is 9.02. The molecule has 142 valence electrons. The number of hydrogen-bond donors (Lipinski definition) is 3. The molecule has 1 saturated carbocycles. The van der Waals surface area contributed by atoms with Gasteiger partial charge in [0.1, 0.15) is 5.60 Å². The van der Waals surface area contributed by atoms with Gasteiger partial charge in [-0.25, -0.2) is 4.79 Å². The monoisotopic (exact) mass is 353 g/mol. The quantitative estimate of drug-likeness (QED) is 0.481. The normalized spacial score (nSPS) is 15.6. The van der Waals surface area contributed by atoms with Crippen molar-refractivity contribution in [2.45, 2.75) is 58.5 Å². The summed E-state index contributed by atoms with van der Waals surface area (Å²) < 4.78 is 5.03. The minimum absolute atomic E-state index is 0.147. The zero-order chi connectivity index (χ0) is 18.7. The highest BCUT2D eigenvalue weighted by atomic mass is 16.6. The molecule has 1 aliphatic rings. The van der Waals surface area contributed by atoms with E-state index in [2.05, 4.69) is 16.0 Å². The van der Waals surface area contributed by atoms with Crippen molar-refractivity contribution in [1.82, 2.24) is 16.0 Å². The van der Waals surface area contributed by atoms with E-state index in [1.807, 2.05) is 6.08 Å². The maximum absolute atomic E-state index is 11.7. The Hall–Kier alpha value is -2.05. The van der Waals surface area contributed by atoms with E-state index in [0.717, 1.165) is 12.8 Å². The van der Waals surface area contributed by atoms with Crippen LogP contribution < -0.4 is 16.0 Å². The number of alkyl carbamates (subject to hydrolysis) is 1. The van der Waals surface area contributed by atoms with Gasteiger partial charge in [-0.1, -0.05) is 25.3 Å². The zero-order valence-corrected chi connectivity index (χ0v) is 15.5. The molecule has 0 spiro atoms. The van der Waals surface area contributed by atoms with Gasteiger partial charge in [0, 0.05) is 13.1 Å². The third kappa shape index (κ3) is 11.2. The standard InChI is InChI=1S/C18H31N3O4/c1-18(2,3)25-17(24)21-13-16(23)20-12-11-19-15(22)10-9-14-7-5-4-6-8-14/h9-10,14H,4-8,11-13H2,1-3H3,(H,19,22)(H,20,23)(H,21,24)/b10-9+. The van der Waals surface area contributed by atoms with Crippen LogP contribution in [0.5, 0.6) is 0 Å². The highest BCUT2D eigenvalue weighted by molar-refractivity contribution is 5.87. The van der Waals surface area contributed by atoms with Crippen LogP contribution in [0, 0.1) is 5.92 Å². The highest BCUT2D eigenvalue weighted by Crippen LogP contribution is 2.24. The van der Waals surface area contributed by atoms with Crippen molar-refractivity contribution in [3.05, 3.63) is 12.2 Å². The Balaban J connectivity index is 2.07. The van der Waals surface area contributed by atoms with E-state index in [9.17, 15) is 14.4 Å². The van der Waals surface area contributed by atoms with Gasteiger partial charge >= 0.3 is 6.09 Å². The number of allylic oxidation sites excluding steroid dienone is 1. The van der Waals surface area contributed by atoms with Gasteiger partial charge in [-0.2, -0.15) is 0 Å². The van der Waals surface area contributed by atoms with Gasteiger partial charge in [-0.05, 0) is 45.6 Å². The molecule has 3 N–H and O–H groups in total. The van der Waals surface area contributed by atoms with E-state index in [1.165, 1.54) is 19.3 Å². The van der Waals surface area contributed by atoms with Gasteiger partial charge in [0.25, 0.3) is 0 Å². The summed E-state index contributed by atoms with van der Waals surface area (Å²) in [6.07, 6.45) is 9.01. The summed E-state index contributed by atoms with van der Waals surface area (Å²) in [4.78, 5) is 34.7. The molecule has 7 heteroatoms. The van der Waals surface area contributed by atoms with Crippen molar-refractivity contribution in [2.24, 2.45) is 5.92 Å². The Labute approximate surface area is 149 Å². The second-order valence-electron chi connectivity index (χ2n) is 7.25. The summed E-state index contributed by atoms with van der Waals surface area (Å²) in [5, 5.41) is 7.71. The first-order chi connectivity index (χ1) is 11.8. The highest BCUT2D eigenvalue weighted by Gasteiger charge is 2.16. The summed E-state index contributed by atoms with van der Waals surface area (Å²) in [6, 6.07) is 0. The molecule has 0 saturated heterocycles. The molecule has 0 heterocycles. The number of carbonyl (C=O) groups excluding carboxylic acids is 3. The molecule has 0 aromatic rings. The van der Waals surface area contributed by atoms with Crippen LogP contribution in [0.3, 0.4) is 0 Å². The predicted molar refractivity (Wildman–Crippen MR) is 96.0 cm³/mol. The van der Waals surface area contributed by atoms with Crippen LogP contribution in [0.1, 0.15) is 52.9 Å². The van der Waals surface area contributed by atoms with Crippen molar-refractivity contribution in [1.29, 1.82) is 0 Å². The van der Waals surface area contributed by atoms with E-state index >= 15 is 0 Å². The maximum atomic E-state index is 11.7. The van der Waals surface area contributed by atoms with Crippen LogP contribution in [-0.4, -0.2) is 43.1 Å². The lowest BCUT2D eigenvalue weighted by atomic mass is 9.89. The molecule has 0 bridgehead atoms. The van der Waals surface area contributed by atoms with E-state index in [1.54, 1.807) is 26.8 Å². The first-order valence-corrected chi connectivity index (χ1v) is 8.96. The van der Waals surface area contributed by atoms with Gasteiger partial charge in [-0.3, -0.25) is 9.59 Å². The van der Waals surface area contributed by atoms with Crippen molar-refractivity contribution < 1.29 is 19.1 Å². The van der Waals surface area contributed by atoms with E-state index in [-0.39, 0.29) is 18.4 Å². The van der Waals surface area contributed by atoms with E-state index in [4.69, 9.17) is 4.74 Å². The molecule has 0 unspecified atom stereocenters. The molecular weight excluding hydrogens is 322 g/mol. The second-order valence-corrected chi connectivity index (χ2v) is 7.25. The van der Waals surface area contributed by atoms with Crippen molar-refractivity contribution in [2.75, 3.05) is 19.6 Å². The topological polar surface area (TPSA) is 96.5 Å². The number of amides is 3. The zero-order valence-electron chi connectivity index (χ0n) is 15.5. The fourth-order valence-electron chi connectivity index (χ4n) is 2.53. The lowest BCUT2D eigenvalue weighted by Gasteiger charge is -2.19. The van der Waals surface area contributed by atoms with Gasteiger partial charge in [0.05, 0.1) is 6.54 Å². The largest absolute Gasteiger partial charge is 0.444 e. The summed E-state index contributed by atoms with van der Waals surface area (Å²) in [6.45, 7) is 5.72. The van der Waals surface area contributed by atoms with Crippen LogP contribution in [0.4, 0.5) is 4.79 Å². The van der Waals surface area contributed by atoms with Crippen LogP contribution >= 0.6 is 0 Å². The number of carbonyl (C=O) groups is 3. The summed E-state index contributed by atoms with van der Waals surface area (Å²) in [5.41, 5.74) is -0.601. The molecule has 0 aromatic carbocycles. The Morgan fingerprint density at radius 1 is 1.00 bits per heavy atom. The molecule has 25 heavy (non-hydrogen) atoms. The predicted octanol–water partition coefficient (Wildman–Crippen LogP) is 1.88. The van der Waals surface area contributed by atoms with Crippen LogP contribution in [-0.2, 0) is 14.3 Å². The number of nitrogens with one attached hydrogen (secondary N) is 3. The molecule has 7 nitrogen and oxygen atoms in total. The van der Waals surface area contributed by atoms with Gasteiger partial charge in [0.2, 0.25) is 11.8 Å². The number of hydrogen-bond acceptors (Lipinski definition) is 4. The third-order valence-electron chi connectivity index (χ3n) is 3.71. The second kappa shape index (κ2) is 10.7. The summed E-state index contributed by atoms with van der Waals surface area (Å²) >= 11 is 0. The van der Waals surface area contributed by atoms with Crippen LogP contribution in [0.15, 0.2) is 12.2 Å². The lowest BCUT2D eigenvalue weighted by Crippen LogP contribution is -2.41. The molecule has 0 aromatic heterocycles. The lowest BCUT2D eigenvalue weighted by molar-refractivity contribution is -0.120. The van der Waals surface area contributed by atoms with Crippen LogP contribution in [0.25, 0.3) is 0 Å². The number of rotatable bonds is 7. The average molecular weight is 353 g/mol. The van der Waals surface area contributed by atoms with E-state index < -0.39 is 11.7 Å². The SMILES string of the molecule is CC(C)(C)OC(=O)NCC(=O)NCCNC(=O)/C=C/C1CCCCC1. The smallest absolute Gasteiger partial charge is 0.408 e. The Morgan fingerprint density at radius 3 is 2.28 bits per heavy atom. The molecule has 1 rings (SSSR count). The molecular formula is C18H31N3O4. The molecule has 0 radical (unpaired) electrons. The number of ether oxygens (including phenoxy) is 1. The van der Waals surface area contributed by atoms with Crippen molar-refractivity contribution >= 4 is 17.9 Å². The first-order valence-electron chi connectivity index (χ1n) is 8.96. The minimum Gasteiger partial charge on any atom is -0.444 e. The van der Waals surface area contributed by atoms with Gasteiger partial charge < -0.3 is 20.7 Å². The summed E-state index contributed by atoms with van der Waals surface area (Å²) in [7, 11) is 0. The van der Waals surface area contributed by atoms with E-state index in [0.29, 0.717) is 19.0 Å². The first kappa shape index (κ1) is 21.0. The van der Waals surface area contributed by atoms with Crippen LogP contribution in [0.2, 0.25) is 0 Å². The Bertz CT molecular complexity index is 477. The minimum atomic E-state index is -0.635. The molecule has 3 amide bonds. The maximum Gasteiger partial charge on any atom is 0.408 e. The van der Waals surface area contributed by atoms with Crippen molar-refractivity contribution in [3.8, 4) is 0 Å². The molecule has 0 atom stereocenters. The molecule has 0 aliphatic heterocycles. The van der Waals surface area contributed by atoms with Gasteiger partial charge in [-0.15, -0.1) is 0 Å². The fraction of sp³-hybridized carbons (Fsp3) is 0.722. The van der Waals surface area contributed by atoms with Crippen molar-refractivity contribution in [3.63, 3.8) is 0 Å². The molecule has 1 aliphatic carbocycles. The average Bonchev–Trinajstić information content (AvgIpc) is 2.54. The Morgan fingerprint density at radius 2 is 1.64 bits per heavy atom. The molecule has 1 fully saturated rings. The summed E-state index contributed by atoms with van der Waals surface area (Å²) in [5.74, 6) is 0.0303. The third-order valence-corrected chi connectivity index (χ3v) is 3.71.